The lowest BCUT2D eigenvalue weighted by atomic mass is 10.0. The molecule has 3 aromatic rings. The zero-order chi connectivity index (χ0) is 21.3. The summed E-state index contributed by atoms with van der Waals surface area (Å²) < 4.78 is 88.8. The van der Waals surface area contributed by atoms with E-state index < -0.39 is 44.5 Å². The van der Waals surface area contributed by atoms with E-state index in [2.05, 4.69) is 0 Å². The number of nitrogens with one attached hydrogen (secondary N) is 1. The van der Waals surface area contributed by atoms with E-state index in [4.69, 9.17) is 16.3 Å². The molecule has 0 atom stereocenters. The van der Waals surface area contributed by atoms with Gasteiger partial charge in [-0.15, -0.1) is 0 Å². The maximum Gasteiger partial charge on any atom is 0.262 e. The Morgan fingerprint density at radius 2 is 1.52 bits per heavy atom. The second-order valence-corrected chi connectivity index (χ2v) is 7.86. The molecule has 0 fully saturated rings. The van der Waals surface area contributed by atoms with Gasteiger partial charge in [0.2, 0.25) is 0 Å². The lowest BCUT2D eigenvalue weighted by Crippen LogP contribution is -2.17. The molecular weight excluding hydrogens is 434 g/mol. The SMILES string of the molecule is COc1cc(-c2c(F)c(F)c(F)c(F)c2NS(=O)(=O)c2ccccc2)ccc1Cl. The fraction of sp³-hybridized carbons (Fsp3) is 0.0526. The number of hydrogen-bond acceptors (Lipinski definition) is 3. The third-order valence-corrected chi connectivity index (χ3v) is 5.67. The molecule has 0 aliphatic rings. The molecule has 0 bridgehead atoms. The summed E-state index contributed by atoms with van der Waals surface area (Å²) in [6.45, 7) is 0. The van der Waals surface area contributed by atoms with Gasteiger partial charge in [-0.1, -0.05) is 35.9 Å². The Balaban J connectivity index is 2.27. The molecule has 0 spiro atoms. The summed E-state index contributed by atoms with van der Waals surface area (Å²) in [7, 11) is -3.18. The van der Waals surface area contributed by atoms with E-state index in [0.29, 0.717) is 0 Å². The molecule has 0 radical (unpaired) electrons. The van der Waals surface area contributed by atoms with Crippen molar-refractivity contribution in [3.8, 4) is 16.9 Å². The van der Waals surface area contributed by atoms with Gasteiger partial charge in [0.25, 0.3) is 10.0 Å². The van der Waals surface area contributed by atoms with Crippen molar-refractivity contribution in [3.63, 3.8) is 0 Å². The molecule has 3 aromatic carbocycles. The van der Waals surface area contributed by atoms with Gasteiger partial charge in [-0.25, -0.2) is 26.0 Å². The first-order chi connectivity index (χ1) is 13.7. The third-order valence-electron chi connectivity index (χ3n) is 4.00. The number of halogens is 5. The summed E-state index contributed by atoms with van der Waals surface area (Å²) in [5, 5.41) is 0.117. The van der Waals surface area contributed by atoms with Crippen LogP contribution in [-0.2, 0) is 10.0 Å². The Morgan fingerprint density at radius 1 is 0.897 bits per heavy atom. The van der Waals surface area contributed by atoms with Crippen LogP contribution < -0.4 is 9.46 Å². The van der Waals surface area contributed by atoms with Crippen LogP contribution in [0.15, 0.2) is 53.4 Å². The van der Waals surface area contributed by atoms with Crippen molar-refractivity contribution in [3.05, 3.63) is 76.8 Å². The maximum atomic E-state index is 14.6. The highest BCUT2D eigenvalue weighted by Crippen LogP contribution is 2.40. The first kappa shape index (κ1) is 20.9. The van der Waals surface area contributed by atoms with E-state index in [0.717, 1.165) is 6.07 Å². The van der Waals surface area contributed by atoms with Crippen LogP contribution in [0.25, 0.3) is 11.1 Å². The van der Waals surface area contributed by atoms with Crippen molar-refractivity contribution in [1.29, 1.82) is 0 Å². The Hall–Kier alpha value is -2.78. The first-order valence-corrected chi connectivity index (χ1v) is 9.81. The average Bonchev–Trinajstić information content (AvgIpc) is 2.72. The predicted molar refractivity (Wildman–Crippen MR) is 101 cm³/mol. The van der Waals surface area contributed by atoms with E-state index in [1.165, 1.54) is 43.5 Å². The summed E-state index contributed by atoms with van der Waals surface area (Å²) in [6, 6.07) is 10.3. The van der Waals surface area contributed by atoms with Crippen molar-refractivity contribution in [1.82, 2.24) is 0 Å². The van der Waals surface area contributed by atoms with Gasteiger partial charge in [-0.2, -0.15) is 0 Å². The van der Waals surface area contributed by atoms with E-state index in [9.17, 15) is 26.0 Å². The number of ether oxygens (including phenoxy) is 1. The summed E-state index contributed by atoms with van der Waals surface area (Å²) in [5.74, 6) is -7.89. The molecule has 0 unspecified atom stereocenters. The van der Waals surface area contributed by atoms with Crippen molar-refractivity contribution in [2.45, 2.75) is 4.90 Å². The molecule has 3 rings (SSSR count). The molecular formula is C19H12ClF4NO3S. The summed E-state index contributed by atoms with van der Waals surface area (Å²) in [5.41, 5.74) is -2.11. The summed E-state index contributed by atoms with van der Waals surface area (Å²) in [4.78, 5) is -0.288. The minimum atomic E-state index is -4.44. The smallest absolute Gasteiger partial charge is 0.262 e. The highest BCUT2D eigenvalue weighted by Gasteiger charge is 2.29. The molecule has 0 aromatic heterocycles. The van der Waals surface area contributed by atoms with E-state index in [1.807, 2.05) is 4.72 Å². The number of methoxy groups -OCH3 is 1. The zero-order valence-corrected chi connectivity index (χ0v) is 16.2. The van der Waals surface area contributed by atoms with Crippen LogP contribution in [0.2, 0.25) is 5.02 Å². The van der Waals surface area contributed by atoms with E-state index in [-0.39, 0.29) is 21.2 Å². The van der Waals surface area contributed by atoms with Crippen molar-refractivity contribution < 1.29 is 30.7 Å². The van der Waals surface area contributed by atoms with Crippen molar-refractivity contribution in [2.75, 3.05) is 11.8 Å². The topological polar surface area (TPSA) is 55.4 Å². The molecule has 0 saturated heterocycles. The van der Waals surface area contributed by atoms with Gasteiger partial charge in [0, 0.05) is 5.56 Å². The number of hydrogen-bond donors (Lipinski definition) is 1. The van der Waals surface area contributed by atoms with Crippen LogP contribution in [0.3, 0.4) is 0 Å². The zero-order valence-electron chi connectivity index (χ0n) is 14.6. The Labute approximate surface area is 168 Å². The van der Waals surface area contributed by atoms with E-state index >= 15 is 0 Å². The molecule has 0 aliphatic heterocycles. The highest BCUT2D eigenvalue weighted by molar-refractivity contribution is 7.92. The summed E-state index contributed by atoms with van der Waals surface area (Å²) >= 11 is 5.90. The maximum absolute atomic E-state index is 14.6. The van der Waals surface area contributed by atoms with Gasteiger partial charge in [-0.05, 0) is 29.8 Å². The second kappa shape index (κ2) is 7.92. The number of rotatable bonds is 5. The Kier molecular flexibility index (Phi) is 5.72. The molecule has 4 nitrogen and oxygen atoms in total. The standard InChI is InChI=1S/C19H12ClF4NO3S/c1-28-13-9-10(7-8-12(13)20)14-15(21)16(22)17(23)18(24)19(14)25-29(26,27)11-5-3-2-4-6-11/h2-9,25H,1H3. The average molecular weight is 446 g/mol. The molecule has 10 heteroatoms. The molecule has 29 heavy (non-hydrogen) atoms. The fourth-order valence-corrected chi connectivity index (χ4v) is 3.90. The minimum absolute atomic E-state index is 0.0329. The fourth-order valence-electron chi connectivity index (χ4n) is 2.61. The molecule has 1 N–H and O–H groups in total. The number of anilines is 1. The Morgan fingerprint density at radius 3 is 2.14 bits per heavy atom. The van der Waals surface area contributed by atoms with Gasteiger partial charge in [0.15, 0.2) is 23.3 Å². The molecule has 152 valence electrons. The Bertz CT molecular complexity index is 1190. The molecule has 0 heterocycles. The largest absolute Gasteiger partial charge is 0.495 e. The van der Waals surface area contributed by atoms with Crippen LogP contribution in [0.4, 0.5) is 23.2 Å². The van der Waals surface area contributed by atoms with Crippen LogP contribution in [0.5, 0.6) is 5.75 Å². The van der Waals surface area contributed by atoms with Gasteiger partial charge in [0.1, 0.15) is 5.75 Å². The first-order valence-electron chi connectivity index (χ1n) is 7.95. The van der Waals surface area contributed by atoms with Crippen molar-refractivity contribution in [2.24, 2.45) is 0 Å². The van der Waals surface area contributed by atoms with Crippen LogP contribution in [-0.4, -0.2) is 15.5 Å². The molecule has 0 amide bonds. The third kappa shape index (κ3) is 3.88. The van der Waals surface area contributed by atoms with Crippen LogP contribution in [0.1, 0.15) is 0 Å². The van der Waals surface area contributed by atoms with Crippen LogP contribution in [0, 0.1) is 23.3 Å². The van der Waals surface area contributed by atoms with E-state index in [1.54, 1.807) is 6.07 Å². The van der Waals surface area contributed by atoms with Gasteiger partial charge in [-0.3, -0.25) is 4.72 Å². The lowest BCUT2D eigenvalue weighted by Gasteiger charge is -2.16. The lowest BCUT2D eigenvalue weighted by molar-refractivity contribution is 0.412. The molecule has 0 aliphatic carbocycles. The quantitative estimate of drug-likeness (QED) is 0.326. The minimum Gasteiger partial charge on any atom is -0.495 e. The summed E-state index contributed by atoms with van der Waals surface area (Å²) in [6.07, 6.45) is 0. The normalized spacial score (nSPS) is 11.4. The molecule has 0 saturated carbocycles. The monoisotopic (exact) mass is 445 g/mol. The van der Waals surface area contributed by atoms with Gasteiger partial charge in [0.05, 0.1) is 22.7 Å². The number of sulfonamides is 1. The number of benzene rings is 3. The second-order valence-electron chi connectivity index (χ2n) is 5.77. The van der Waals surface area contributed by atoms with Crippen molar-refractivity contribution >= 4 is 27.3 Å². The van der Waals surface area contributed by atoms with Gasteiger partial charge >= 0.3 is 0 Å². The predicted octanol–water partition coefficient (Wildman–Crippen LogP) is 5.37. The highest BCUT2D eigenvalue weighted by atomic mass is 35.5. The van der Waals surface area contributed by atoms with Gasteiger partial charge < -0.3 is 4.74 Å². The van der Waals surface area contributed by atoms with Crippen LogP contribution >= 0.6 is 11.6 Å².